The third kappa shape index (κ3) is 4.47. The summed E-state index contributed by atoms with van der Waals surface area (Å²) in [4.78, 5) is 4.44. The molecule has 0 saturated heterocycles. The first kappa shape index (κ1) is 19.8. The third-order valence-electron chi connectivity index (χ3n) is 4.02. The van der Waals surface area contributed by atoms with Gasteiger partial charge in [-0.3, -0.25) is 4.99 Å². The normalized spacial score (nSPS) is 15.1. The highest BCUT2D eigenvalue weighted by Crippen LogP contribution is 2.30. The molecule has 1 aliphatic rings. The second kappa shape index (κ2) is 7.55. The molecule has 0 fully saturated rings. The summed E-state index contributed by atoms with van der Waals surface area (Å²) < 4.78 is 64.8. The Balaban J connectivity index is 1.71. The summed E-state index contributed by atoms with van der Waals surface area (Å²) in [5, 5.41) is 0.357. The molecule has 0 amide bonds. The molecule has 2 aromatic carbocycles. The molecule has 0 aliphatic carbocycles. The molecule has 0 aromatic heterocycles. The van der Waals surface area contributed by atoms with Gasteiger partial charge in [0.2, 0.25) is 0 Å². The molecular formula is C18H17F3N2O2S2. The lowest BCUT2D eigenvalue weighted by Crippen LogP contribution is -2.32. The van der Waals surface area contributed by atoms with Gasteiger partial charge < -0.3 is 0 Å². The fourth-order valence-electron chi connectivity index (χ4n) is 2.53. The molecule has 1 aliphatic heterocycles. The van der Waals surface area contributed by atoms with Gasteiger partial charge in [0.25, 0.3) is 10.0 Å². The summed E-state index contributed by atoms with van der Waals surface area (Å²) in [6.45, 7) is 2.49. The molecule has 4 nitrogen and oxygen atoms in total. The number of aliphatic imine (C=N–C) groups is 1. The van der Waals surface area contributed by atoms with Crippen molar-refractivity contribution < 1.29 is 21.6 Å². The Labute approximate surface area is 160 Å². The quantitative estimate of drug-likeness (QED) is 0.749. The molecule has 3 rings (SSSR count). The first-order valence-electron chi connectivity index (χ1n) is 8.11. The summed E-state index contributed by atoms with van der Waals surface area (Å²) in [5.74, 6) is 0.330. The molecule has 2 aromatic rings. The number of aryl methyl sites for hydroxylation is 1. The number of nitrogens with zero attached hydrogens (tertiary/aromatic N) is 2. The van der Waals surface area contributed by atoms with Crippen molar-refractivity contribution >= 4 is 27.0 Å². The topological polar surface area (TPSA) is 49.7 Å². The van der Waals surface area contributed by atoms with Crippen LogP contribution in [0.3, 0.4) is 0 Å². The van der Waals surface area contributed by atoms with Gasteiger partial charge in [0.1, 0.15) is 0 Å². The van der Waals surface area contributed by atoms with E-state index >= 15 is 0 Å². The van der Waals surface area contributed by atoms with E-state index in [2.05, 4.69) is 4.99 Å². The zero-order valence-corrected chi connectivity index (χ0v) is 16.0. The summed E-state index contributed by atoms with van der Waals surface area (Å²) in [6.07, 6.45) is -4.37. The minimum absolute atomic E-state index is 0.192. The number of hydrogen-bond acceptors (Lipinski definition) is 4. The maximum Gasteiger partial charge on any atom is 0.416 e. The van der Waals surface area contributed by atoms with E-state index in [1.807, 2.05) is 6.92 Å². The molecule has 0 spiro atoms. The Bertz CT molecular complexity index is 938. The van der Waals surface area contributed by atoms with Crippen molar-refractivity contribution in [3.8, 4) is 0 Å². The summed E-state index contributed by atoms with van der Waals surface area (Å²) in [7, 11) is -3.70. The van der Waals surface area contributed by atoms with Crippen LogP contribution in [0.1, 0.15) is 16.7 Å². The number of hydrogen-bond donors (Lipinski definition) is 0. The minimum atomic E-state index is -4.37. The highest BCUT2D eigenvalue weighted by atomic mass is 32.2. The molecule has 0 radical (unpaired) electrons. The molecule has 0 bridgehead atoms. The van der Waals surface area contributed by atoms with Crippen LogP contribution in [-0.4, -0.2) is 31.0 Å². The van der Waals surface area contributed by atoms with Crippen molar-refractivity contribution in [2.24, 2.45) is 4.99 Å². The molecule has 9 heteroatoms. The van der Waals surface area contributed by atoms with Crippen molar-refractivity contribution in [1.29, 1.82) is 0 Å². The lowest BCUT2D eigenvalue weighted by Gasteiger charge is -2.20. The van der Waals surface area contributed by atoms with E-state index in [4.69, 9.17) is 0 Å². The minimum Gasteiger partial charge on any atom is -0.260 e. The molecule has 0 atom stereocenters. The van der Waals surface area contributed by atoms with Gasteiger partial charge in [-0.2, -0.15) is 13.2 Å². The molecule has 0 saturated carbocycles. The Hall–Kier alpha value is -2.00. The molecule has 144 valence electrons. The van der Waals surface area contributed by atoms with Crippen molar-refractivity contribution in [1.82, 2.24) is 4.31 Å². The van der Waals surface area contributed by atoms with Crippen LogP contribution in [0.4, 0.5) is 13.2 Å². The number of amidine groups is 1. The number of alkyl halides is 3. The van der Waals surface area contributed by atoms with E-state index < -0.39 is 21.8 Å². The largest absolute Gasteiger partial charge is 0.416 e. The zero-order valence-electron chi connectivity index (χ0n) is 14.4. The van der Waals surface area contributed by atoms with Gasteiger partial charge in [-0.25, -0.2) is 12.7 Å². The average Bonchev–Trinajstić information content (AvgIpc) is 3.09. The number of rotatable bonds is 4. The maximum absolute atomic E-state index is 12.8. The Morgan fingerprint density at radius 1 is 1.07 bits per heavy atom. The highest BCUT2D eigenvalue weighted by Gasteiger charge is 2.31. The Morgan fingerprint density at radius 3 is 2.30 bits per heavy atom. The van der Waals surface area contributed by atoms with Crippen LogP contribution in [0.2, 0.25) is 0 Å². The predicted molar refractivity (Wildman–Crippen MR) is 100 cm³/mol. The SMILES string of the molecule is Cc1ccc(S(=O)(=O)N2CCN=C2SCc2ccc(C(F)(F)F)cc2)cc1. The van der Waals surface area contributed by atoms with E-state index in [0.29, 0.717) is 23.0 Å². The molecule has 1 heterocycles. The molecule has 0 unspecified atom stereocenters. The van der Waals surface area contributed by atoms with Crippen LogP contribution < -0.4 is 0 Å². The number of sulfonamides is 1. The fourth-order valence-corrected chi connectivity index (χ4v) is 5.21. The van der Waals surface area contributed by atoms with Crippen LogP contribution in [0.5, 0.6) is 0 Å². The van der Waals surface area contributed by atoms with E-state index in [1.165, 1.54) is 28.2 Å². The second-order valence-electron chi connectivity index (χ2n) is 6.04. The maximum atomic E-state index is 12.8. The Morgan fingerprint density at radius 2 is 1.70 bits per heavy atom. The van der Waals surface area contributed by atoms with Gasteiger partial charge in [0.05, 0.1) is 23.5 Å². The second-order valence-corrected chi connectivity index (χ2v) is 8.84. The van der Waals surface area contributed by atoms with E-state index in [9.17, 15) is 21.6 Å². The standard InChI is InChI=1S/C18H17F3N2O2S2/c1-13-2-8-16(9-3-13)27(24,25)23-11-10-22-17(23)26-12-14-4-6-15(7-5-14)18(19,20)21/h2-9H,10-12H2,1H3. The van der Waals surface area contributed by atoms with E-state index in [-0.39, 0.29) is 11.4 Å². The molecule has 27 heavy (non-hydrogen) atoms. The van der Waals surface area contributed by atoms with Gasteiger partial charge in [-0.05, 0) is 36.8 Å². The summed E-state index contributed by atoms with van der Waals surface area (Å²) >= 11 is 1.20. The number of thioether (sulfide) groups is 1. The predicted octanol–water partition coefficient (Wildman–Crippen LogP) is 4.31. The van der Waals surface area contributed by atoms with E-state index in [1.54, 1.807) is 24.3 Å². The van der Waals surface area contributed by atoms with Crippen LogP contribution in [0.25, 0.3) is 0 Å². The van der Waals surface area contributed by atoms with Crippen LogP contribution in [-0.2, 0) is 22.0 Å². The van der Waals surface area contributed by atoms with E-state index in [0.717, 1.165) is 17.7 Å². The average molecular weight is 414 g/mol. The van der Waals surface area contributed by atoms with Crippen LogP contribution in [0, 0.1) is 6.92 Å². The van der Waals surface area contributed by atoms with Crippen LogP contribution in [0.15, 0.2) is 58.4 Å². The molecular weight excluding hydrogens is 397 g/mol. The van der Waals surface area contributed by atoms with Gasteiger partial charge in [-0.1, -0.05) is 41.6 Å². The van der Waals surface area contributed by atoms with Gasteiger partial charge in [0.15, 0.2) is 5.17 Å². The third-order valence-corrected chi connectivity index (χ3v) is 7.03. The van der Waals surface area contributed by atoms with Crippen molar-refractivity contribution in [2.45, 2.75) is 23.7 Å². The van der Waals surface area contributed by atoms with Gasteiger partial charge >= 0.3 is 6.18 Å². The monoisotopic (exact) mass is 414 g/mol. The van der Waals surface area contributed by atoms with Gasteiger partial charge in [0, 0.05) is 5.75 Å². The van der Waals surface area contributed by atoms with Crippen molar-refractivity contribution in [2.75, 3.05) is 13.1 Å². The first-order chi connectivity index (χ1) is 12.7. The smallest absolute Gasteiger partial charge is 0.260 e. The summed E-state index contributed by atoms with van der Waals surface area (Å²) in [6, 6.07) is 11.4. The number of halogens is 3. The number of benzene rings is 2. The van der Waals surface area contributed by atoms with Gasteiger partial charge in [-0.15, -0.1) is 0 Å². The Kier molecular flexibility index (Phi) is 5.53. The van der Waals surface area contributed by atoms with Crippen LogP contribution >= 0.6 is 11.8 Å². The first-order valence-corrected chi connectivity index (χ1v) is 10.5. The van der Waals surface area contributed by atoms with Crippen molar-refractivity contribution in [3.05, 3.63) is 65.2 Å². The van der Waals surface area contributed by atoms with Crippen molar-refractivity contribution in [3.63, 3.8) is 0 Å². The zero-order chi connectivity index (χ0) is 19.7. The molecule has 0 N–H and O–H groups in total. The lowest BCUT2D eigenvalue weighted by atomic mass is 10.1. The highest BCUT2D eigenvalue weighted by molar-refractivity contribution is 8.14. The summed E-state index contributed by atoms with van der Waals surface area (Å²) in [5.41, 5.74) is 0.911. The lowest BCUT2D eigenvalue weighted by molar-refractivity contribution is -0.137. The fraction of sp³-hybridized carbons (Fsp3) is 0.278.